The quantitative estimate of drug-likeness (QED) is 0.862. The van der Waals surface area contributed by atoms with Crippen molar-refractivity contribution in [2.24, 2.45) is 0 Å². The lowest BCUT2D eigenvalue weighted by atomic mass is 9.75. The lowest BCUT2D eigenvalue weighted by molar-refractivity contribution is 0.315. The Labute approximate surface area is 104 Å². The summed E-state index contributed by atoms with van der Waals surface area (Å²) in [5, 5.41) is 3.42. The second-order valence-electron chi connectivity index (χ2n) is 5.18. The molecule has 2 heteroatoms. The van der Waals surface area contributed by atoms with Crippen molar-refractivity contribution in [3.8, 4) is 5.75 Å². The van der Waals surface area contributed by atoms with Gasteiger partial charge in [0.25, 0.3) is 0 Å². The van der Waals surface area contributed by atoms with Gasteiger partial charge < -0.3 is 10.1 Å². The van der Waals surface area contributed by atoms with Crippen LogP contribution in [0.15, 0.2) is 24.3 Å². The van der Waals surface area contributed by atoms with Crippen molar-refractivity contribution in [3.63, 3.8) is 0 Å². The van der Waals surface area contributed by atoms with E-state index in [0.29, 0.717) is 5.41 Å². The van der Waals surface area contributed by atoms with Gasteiger partial charge in [-0.15, -0.1) is 0 Å². The van der Waals surface area contributed by atoms with Crippen LogP contribution in [0.5, 0.6) is 5.75 Å². The van der Waals surface area contributed by atoms with Crippen LogP contribution in [0, 0.1) is 0 Å². The Balaban J connectivity index is 2.06. The molecule has 0 unspecified atom stereocenters. The highest BCUT2D eigenvalue weighted by atomic mass is 16.5. The molecule has 0 spiro atoms. The highest BCUT2D eigenvalue weighted by Crippen LogP contribution is 2.33. The van der Waals surface area contributed by atoms with Crippen LogP contribution in [-0.2, 0) is 5.41 Å². The Hall–Kier alpha value is -1.02. The van der Waals surface area contributed by atoms with Gasteiger partial charge in [0.15, 0.2) is 0 Å². The minimum atomic E-state index is 0.342. The number of piperidine rings is 1. The average Bonchev–Trinajstić information content (AvgIpc) is 2.38. The van der Waals surface area contributed by atoms with Crippen molar-refractivity contribution < 1.29 is 4.74 Å². The summed E-state index contributed by atoms with van der Waals surface area (Å²) >= 11 is 0. The van der Waals surface area contributed by atoms with E-state index in [9.17, 15) is 0 Å². The topological polar surface area (TPSA) is 21.3 Å². The molecule has 0 bridgehead atoms. The maximum Gasteiger partial charge on any atom is 0.119 e. The van der Waals surface area contributed by atoms with Crippen molar-refractivity contribution in [1.29, 1.82) is 0 Å². The summed E-state index contributed by atoms with van der Waals surface area (Å²) in [5.74, 6) is 0.994. The zero-order valence-corrected chi connectivity index (χ0v) is 11.0. The third kappa shape index (κ3) is 3.01. The molecule has 2 nitrogen and oxygen atoms in total. The summed E-state index contributed by atoms with van der Waals surface area (Å²) < 4.78 is 5.62. The Morgan fingerprint density at radius 2 is 1.82 bits per heavy atom. The van der Waals surface area contributed by atoms with E-state index in [1.54, 1.807) is 0 Å². The van der Waals surface area contributed by atoms with Crippen LogP contribution in [-0.4, -0.2) is 19.7 Å². The van der Waals surface area contributed by atoms with E-state index in [2.05, 4.69) is 43.4 Å². The molecule has 0 saturated carbocycles. The standard InChI is InChI=1S/C15H23NO/c1-3-12-17-14-6-4-13(5-7-14)15(2)8-10-16-11-9-15/h4-7,16H,3,8-12H2,1-2H3. The summed E-state index contributed by atoms with van der Waals surface area (Å²) in [4.78, 5) is 0. The normalized spacial score (nSPS) is 18.9. The van der Waals surface area contributed by atoms with E-state index in [1.165, 1.54) is 18.4 Å². The van der Waals surface area contributed by atoms with Crippen LogP contribution in [0.1, 0.15) is 38.7 Å². The Kier molecular flexibility index (Phi) is 4.06. The van der Waals surface area contributed by atoms with Gasteiger partial charge in [0.2, 0.25) is 0 Å². The summed E-state index contributed by atoms with van der Waals surface area (Å²) in [7, 11) is 0. The lowest BCUT2D eigenvalue weighted by Gasteiger charge is -2.34. The van der Waals surface area contributed by atoms with E-state index in [4.69, 9.17) is 4.74 Å². The van der Waals surface area contributed by atoms with Gasteiger partial charge >= 0.3 is 0 Å². The van der Waals surface area contributed by atoms with Crippen molar-refractivity contribution >= 4 is 0 Å². The zero-order valence-electron chi connectivity index (χ0n) is 11.0. The minimum absolute atomic E-state index is 0.342. The molecule has 2 rings (SSSR count). The summed E-state index contributed by atoms with van der Waals surface area (Å²) in [6, 6.07) is 8.68. The predicted molar refractivity (Wildman–Crippen MR) is 71.7 cm³/mol. The average molecular weight is 233 g/mol. The molecule has 0 radical (unpaired) electrons. The van der Waals surface area contributed by atoms with Gasteiger partial charge in [0, 0.05) is 0 Å². The third-order valence-electron chi connectivity index (χ3n) is 3.73. The molecule has 0 aromatic heterocycles. The fourth-order valence-electron chi connectivity index (χ4n) is 2.44. The molecule has 1 N–H and O–H groups in total. The molecule has 17 heavy (non-hydrogen) atoms. The van der Waals surface area contributed by atoms with Crippen molar-refractivity contribution in [1.82, 2.24) is 5.32 Å². The molecule has 0 atom stereocenters. The minimum Gasteiger partial charge on any atom is -0.494 e. The Bertz CT molecular complexity index is 338. The number of hydrogen-bond acceptors (Lipinski definition) is 2. The monoisotopic (exact) mass is 233 g/mol. The smallest absolute Gasteiger partial charge is 0.119 e. The number of nitrogens with one attached hydrogen (secondary N) is 1. The van der Waals surface area contributed by atoms with Crippen LogP contribution in [0.4, 0.5) is 0 Å². The largest absolute Gasteiger partial charge is 0.494 e. The first-order valence-electron chi connectivity index (χ1n) is 6.69. The van der Waals surface area contributed by atoms with E-state index in [0.717, 1.165) is 31.9 Å². The molecule has 1 heterocycles. The van der Waals surface area contributed by atoms with Crippen LogP contribution in [0.25, 0.3) is 0 Å². The van der Waals surface area contributed by atoms with Gasteiger partial charge in [-0.05, 0) is 55.5 Å². The molecular weight excluding hydrogens is 210 g/mol. The highest BCUT2D eigenvalue weighted by molar-refractivity contribution is 5.32. The van der Waals surface area contributed by atoms with E-state index in [1.807, 2.05) is 0 Å². The zero-order chi connectivity index (χ0) is 12.1. The summed E-state index contributed by atoms with van der Waals surface area (Å²) in [5.41, 5.74) is 1.79. The molecule has 1 aromatic rings. The molecule has 1 aromatic carbocycles. The van der Waals surface area contributed by atoms with Crippen LogP contribution < -0.4 is 10.1 Å². The van der Waals surface area contributed by atoms with Gasteiger partial charge in [-0.3, -0.25) is 0 Å². The molecule has 1 saturated heterocycles. The Morgan fingerprint density at radius 1 is 1.18 bits per heavy atom. The first kappa shape index (κ1) is 12.4. The fourth-order valence-corrected chi connectivity index (χ4v) is 2.44. The van der Waals surface area contributed by atoms with E-state index >= 15 is 0 Å². The van der Waals surface area contributed by atoms with Crippen molar-refractivity contribution in [3.05, 3.63) is 29.8 Å². The second kappa shape index (κ2) is 5.54. The predicted octanol–water partition coefficient (Wildman–Crippen LogP) is 3.12. The number of benzene rings is 1. The van der Waals surface area contributed by atoms with Crippen LogP contribution >= 0.6 is 0 Å². The van der Waals surface area contributed by atoms with Gasteiger partial charge in [-0.2, -0.15) is 0 Å². The summed E-state index contributed by atoms with van der Waals surface area (Å²) in [6.45, 7) is 7.57. The molecular formula is C15H23NO. The molecule has 1 aliphatic heterocycles. The first-order chi connectivity index (χ1) is 8.24. The maximum atomic E-state index is 5.62. The Morgan fingerprint density at radius 3 is 2.41 bits per heavy atom. The first-order valence-corrected chi connectivity index (χ1v) is 6.69. The number of ether oxygens (including phenoxy) is 1. The number of hydrogen-bond donors (Lipinski definition) is 1. The molecule has 94 valence electrons. The highest BCUT2D eigenvalue weighted by Gasteiger charge is 2.28. The van der Waals surface area contributed by atoms with Crippen LogP contribution in [0.2, 0.25) is 0 Å². The van der Waals surface area contributed by atoms with Gasteiger partial charge in [-0.1, -0.05) is 26.0 Å². The van der Waals surface area contributed by atoms with Gasteiger partial charge in [0.1, 0.15) is 5.75 Å². The maximum absolute atomic E-state index is 5.62. The number of rotatable bonds is 4. The molecule has 0 aliphatic carbocycles. The van der Waals surface area contributed by atoms with Gasteiger partial charge in [-0.25, -0.2) is 0 Å². The fraction of sp³-hybridized carbons (Fsp3) is 0.600. The second-order valence-corrected chi connectivity index (χ2v) is 5.18. The molecule has 1 aliphatic rings. The molecule has 1 fully saturated rings. The van der Waals surface area contributed by atoms with E-state index in [-0.39, 0.29) is 0 Å². The SMILES string of the molecule is CCCOc1ccc(C2(C)CCNCC2)cc1. The van der Waals surface area contributed by atoms with Crippen molar-refractivity contribution in [2.45, 2.75) is 38.5 Å². The lowest BCUT2D eigenvalue weighted by Crippen LogP contribution is -2.37. The summed E-state index contributed by atoms with van der Waals surface area (Å²) in [6.07, 6.45) is 3.51. The molecule has 0 amide bonds. The van der Waals surface area contributed by atoms with E-state index < -0.39 is 0 Å². The third-order valence-corrected chi connectivity index (χ3v) is 3.73. The van der Waals surface area contributed by atoms with Gasteiger partial charge in [0.05, 0.1) is 6.61 Å². The van der Waals surface area contributed by atoms with Crippen molar-refractivity contribution in [2.75, 3.05) is 19.7 Å². The van der Waals surface area contributed by atoms with Crippen LogP contribution in [0.3, 0.4) is 0 Å².